The van der Waals surface area contributed by atoms with Crippen LogP contribution in [-0.2, 0) is 0 Å². The summed E-state index contributed by atoms with van der Waals surface area (Å²) in [6.07, 6.45) is 2.83. The van der Waals surface area contributed by atoms with E-state index < -0.39 is 0 Å². The van der Waals surface area contributed by atoms with Gasteiger partial charge in [0.1, 0.15) is 5.75 Å². The van der Waals surface area contributed by atoms with Gasteiger partial charge in [-0.1, -0.05) is 73.7 Å². The second kappa shape index (κ2) is 8.94. The monoisotopic (exact) mass is 414 g/mol. The molecule has 0 heterocycles. The van der Waals surface area contributed by atoms with Crippen LogP contribution in [0.3, 0.4) is 0 Å². The molecule has 0 aliphatic heterocycles. The van der Waals surface area contributed by atoms with Gasteiger partial charge in [0.05, 0.1) is 5.56 Å². The molecule has 0 radical (unpaired) electrons. The molecule has 1 amide bonds. The number of phenolic OH excluding ortho intramolecular Hbond substituents is 1. The quantitative estimate of drug-likeness (QED) is 0.489. The fourth-order valence-corrected chi connectivity index (χ4v) is 4.42. The summed E-state index contributed by atoms with van der Waals surface area (Å²) in [5, 5.41) is 12.9. The van der Waals surface area contributed by atoms with Crippen molar-refractivity contribution in [3.8, 4) is 5.75 Å². The third-order valence-corrected chi connectivity index (χ3v) is 6.59. The zero-order valence-corrected chi connectivity index (χ0v) is 17.9. The average molecular weight is 415 g/mol. The van der Waals surface area contributed by atoms with Crippen LogP contribution in [-0.4, -0.2) is 23.1 Å². The molecule has 1 saturated carbocycles. The lowest BCUT2D eigenvalue weighted by Crippen LogP contribution is -2.26. The van der Waals surface area contributed by atoms with Crippen molar-refractivity contribution in [1.82, 2.24) is 5.32 Å². The Morgan fingerprint density at radius 3 is 2.32 bits per heavy atom. The number of carbonyl (C=O) groups excluding carboxylic acids is 1. The van der Waals surface area contributed by atoms with E-state index in [0.717, 1.165) is 19.3 Å². The fourth-order valence-electron chi connectivity index (χ4n) is 4.42. The summed E-state index contributed by atoms with van der Waals surface area (Å²) in [5.74, 6) is 0.374. The van der Waals surface area contributed by atoms with Gasteiger partial charge in [-0.2, -0.15) is 0 Å². The molecule has 3 atom stereocenters. The van der Waals surface area contributed by atoms with E-state index in [1.807, 2.05) is 18.2 Å². The Hall–Kier alpha value is -3.11. The van der Waals surface area contributed by atoms with Gasteiger partial charge in [0.15, 0.2) is 0 Å². The second-order valence-corrected chi connectivity index (χ2v) is 8.54. The molecule has 4 rings (SSSR count). The first-order chi connectivity index (χ1) is 15.0. The highest BCUT2D eigenvalue weighted by Crippen LogP contribution is 2.51. The van der Waals surface area contributed by atoms with Gasteiger partial charge in [0.25, 0.3) is 5.91 Å². The van der Waals surface area contributed by atoms with Crippen LogP contribution in [0.1, 0.15) is 65.1 Å². The Balaban J connectivity index is 1.47. The van der Waals surface area contributed by atoms with Crippen LogP contribution >= 0.6 is 0 Å². The van der Waals surface area contributed by atoms with Crippen LogP contribution < -0.4 is 11.1 Å². The highest BCUT2D eigenvalue weighted by Gasteiger charge is 2.49. The SMILES string of the molecule is CCC1(N)CC1c1ccc(C(CCNC(=O)c2ccccc2O)c2ccccc2)cc1. The van der Waals surface area contributed by atoms with E-state index >= 15 is 0 Å². The van der Waals surface area contributed by atoms with Gasteiger partial charge in [-0.3, -0.25) is 4.79 Å². The van der Waals surface area contributed by atoms with Gasteiger partial charge >= 0.3 is 0 Å². The lowest BCUT2D eigenvalue weighted by molar-refractivity contribution is 0.0950. The van der Waals surface area contributed by atoms with Crippen LogP contribution in [0.4, 0.5) is 0 Å². The number of aromatic hydroxyl groups is 1. The first kappa shape index (κ1) is 21.1. The Morgan fingerprint density at radius 1 is 1.03 bits per heavy atom. The van der Waals surface area contributed by atoms with Crippen molar-refractivity contribution in [3.63, 3.8) is 0 Å². The van der Waals surface area contributed by atoms with Crippen molar-refractivity contribution in [1.29, 1.82) is 0 Å². The molecule has 3 unspecified atom stereocenters. The van der Waals surface area contributed by atoms with E-state index in [4.69, 9.17) is 5.73 Å². The number of amides is 1. The zero-order chi connectivity index (χ0) is 21.8. The molecule has 4 heteroatoms. The number of nitrogens with two attached hydrogens (primary N) is 1. The molecule has 0 aromatic heterocycles. The van der Waals surface area contributed by atoms with Crippen molar-refractivity contribution in [3.05, 3.63) is 101 Å². The van der Waals surface area contributed by atoms with Gasteiger partial charge in [0, 0.05) is 23.9 Å². The molecule has 160 valence electrons. The third kappa shape index (κ3) is 4.64. The van der Waals surface area contributed by atoms with E-state index in [1.54, 1.807) is 18.2 Å². The van der Waals surface area contributed by atoms with Crippen molar-refractivity contribution in [2.45, 2.75) is 43.6 Å². The molecule has 4 nitrogen and oxygen atoms in total. The maximum atomic E-state index is 12.5. The number of hydrogen-bond acceptors (Lipinski definition) is 3. The van der Waals surface area contributed by atoms with Crippen molar-refractivity contribution >= 4 is 5.91 Å². The minimum Gasteiger partial charge on any atom is -0.507 e. The third-order valence-electron chi connectivity index (χ3n) is 6.59. The van der Waals surface area contributed by atoms with Gasteiger partial charge in [0.2, 0.25) is 0 Å². The predicted molar refractivity (Wildman–Crippen MR) is 124 cm³/mol. The minimum atomic E-state index is -0.257. The van der Waals surface area contributed by atoms with Crippen LogP contribution in [0.25, 0.3) is 0 Å². The van der Waals surface area contributed by atoms with E-state index in [-0.39, 0.29) is 23.1 Å². The molecule has 3 aromatic rings. The Morgan fingerprint density at radius 2 is 1.68 bits per heavy atom. The number of rotatable bonds is 8. The highest BCUT2D eigenvalue weighted by molar-refractivity contribution is 5.96. The van der Waals surface area contributed by atoms with Crippen LogP contribution in [0.2, 0.25) is 0 Å². The number of benzene rings is 3. The molecule has 0 spiro atoms. The summed E-state index contributed by atoms with van der Waals surface area (Å²) >= 11 is 0. The topological polar surface area (TPSA) is 75.3 Å². The molecule has 4 N–H and O–H groups in total. The zero-order valence-electron chi connectivity index (χ0n) is 17.9. The Kier molecular flexibility index (Phi) is 6.10. The predicted octanol–water partition coefficient (Wildman–Crippen LogP) is 4.94. The van der Waals surface area contributed by atoms with Crippen LogP contribution in [0.5, 0.6) is 5.75 Å². The van der Waals surface area contributed by atoms with Crippen molar-refractivity contribution in [2.24, 2.45) is 5.73 Å². The molecule has 1 aliphatic rings. The summed E-state index contributed by atoms with van der Waals surface area (Å²) < 4.78 is 0. The average Bonchev–Trinajstić information content (AvgIpc) is 3.50. The molecule has 0 bridgehead atoms. The van der Waals surface area contributed by atoms with Gasteiger partial charge in [-0.15, -0.1) is 0 Å². The smallest absolute Gasteiger partial charge is 0.255 e. The van der Waals surface area contributed by atoms with Gasteiger partial charge in [-0.25, -0.2) is 0 Å². The number of para-hydroxylation sites is 1. The number of carbonyl (C=O) groups is 1. The maximum absolute atomic E-state index is 12.5. The molecule has 1 fully saturated rings. The van der Waals surface area contributed by atoms with E-state index in [0.29, 0.717) is 18.0 Å². The highest BCUT2D eigenvalue weighted by atomic mass is 16.3. The lowest BCUT2D eigenvalue weighted by atomic mass is 9.87. The summed E-state index contributed by atoms with van der Waals surface area (Å²) in [6.45, 7) is 2.67. The molecule has 1 aliphatic carbocycles. The summed E-state index contributed by atoms with van der Waals surface area (Å²) in [7, 11) is 0. The number of hydrogen-bond donors (Lipinski definition) is 3. The second-order valence-electron chi connectivity index (χ2n) is 8.54. The Bertz CT molecular complexity index is 1030. The molecular weight excluding hydrogens is 384 g/mol. The first-order valence-electron chi connectivity index (χ1n) is 11.0. The standard InChI is InChI=1S/C27H30N2O2/c1-2-27(28)18-24(27)21-14-12-20(13-15-21)22(19-8-4-3-5-9-19)16-17-29-26(31)23-10-6-7-11-25(23)30/h3-15,22,24,30H,2,16-18,28H2,1H3,(H,29,31). The largest absolute Gasteiger partial charge is 0.507 e. The maximum Gasteiger partial charge on any atom is 0.255 e. The van der Waals surface area contributed by atoms with Crippen molar-refractivity contribution in [2.75, 3.05) is 6.54 Å². The summed E-state index contributed by atoms with van der Waals surface area (Å²) in [5.41, 5.74) is 10.4. The fraction of sp³-hybridized carbons (Fsp3) is 0.296. The normalized spacial score (nSPS) is 20.8. The Labute approximate surface area is 184 Å². The molecular formula is C27H30N2O2. The van der Waals surface area contributed by atoms with E-state index in [9.17, 15) is 9.90 Å². The van der Waals surface area contributed by atoms with Crippen LogP contribution in [0, 0.1) is 0 Å². The van der Waals surface area contributed by atoms with Crippen LogP contribution in [0.15, 0.2) is 78.9 Å². The van der Waals surface area contributed by atoms with Gasteiger partial charge in [-0.05, 0) is 48.1 Å². The minimum absolute atomic E-state index is 0.00154. The molecule has 3 aromatic carbocycles. The summed E-state index contributed by atoms with van der Waals surface area (Å²) in [6, 6.07) is 25.8. The van der Waals surface area contributed by atoms with Gasteiger partial charge < -0.3 is 16.2 Å². The van der Waals surface area contributed by atoms with Crippen molar-refractivity contribution < 1.29 is 9.90 Å². The molecule has 0 saturated heterocycles. The number of phenols is 1. The summed E-state index contributed by atoms with van der Waals surface area (Å²) in [4.78, 5) is 12.5. The van der Waals surface area contributed by atoms with E-state index in [2.05, 4.69) is 48.6 Å². The lowest BCUT2D eigenvalue weighted by Gasteiger charge is -2.19. The first-order valence-corrected chi connectivity index (χ1v) is 11.0. The number of nitrogens with one attached hydrogen (secondary N) is 1. The van der Waals surface area contributed by atoms with E-state index in [1.165, 1.54) is 22.8 Å². The molecule has 31 heavy (non-hydrogen) atoms.